The average Bonchev–Trinajstić information content (AvgIpc) is 3.76. The second-order valence-electron chi connectivity index (χ2n) is 16.3. The molecule has 64 heavy (non-hydrogen) atoms. The molecule has 12 aromatic rings. The summed E-state index contributed by atoms with van der Waals surface area (Å²) in [7, 11) is 0. The van der Waals surface area contributed by atoms with Crippen molar-refractivity contribution in [3.05, 3.63) is 249 Å². The molecule has 1 aromatic heterocycles. The van der Waals surface area contributed by atoms with E-state index in [-0.39, 0.29) is 0 Å². The first-order valence-corrected chi connectivity index (χ1v) is 22.7. The number of fused-ring (bicyclic) bond motifs is 5. The van der Waals surface area contributed by atoms with Crippen molar-refractivity contribution in [2.75, 3.05) is 4.90 Å². The molecule has 0 aliphatic heterocycles. The molecule has 2 heteroatoms. The van der Waals surface area contributed by atoms with Gasteiger partial charge in [-0.05, 0) is 96.4 Å². The molecule has 0 saturated carbocycles. The third kappa shape index (κ3) is 6.47. The molecule has 300 valence electrons. The maximum absolute atomic E-state index is 2.49. The Hall–Kier alpha value is -8.04. The summed E-state index contributed by atoms with van der Waals surface area (Å²) in [6, 6.07) is 91.0. The number of hydrogen-bond acceptors (Lipinski definition) is 2. The van der Waals surface area contributed by atoms with E-state index in [2.05, 4.69) is 254 Å². The van der Waals surface area contributed by atoms with Crippen molar-refractivity contribution in [1.82, 2.24) is 0 Å². The Morgan fingerprint density at radius 1 is 0.266 bits per heavy atom. The van der Waals surface area contributed by atoms with Gasteiger partial charge in [0, 0.05) is 37.0 Å². The van der Waals surface area contributed by atoms with Crippen molar-refractivity contribution in [2.45, 2.75) is 0 Å². The highest BCUT2D eigenvalue weighted by molar-refractivity contribution is 7.26. The lowest BCUT2D eigenvalue weighted by Gasteiger charge is -2.30. The van der Waals surface area contributed by atoms with Gasteiger partial charge >= 0.3 is 0 Å². The maximum Gasteiger partial charge on any atom is 0.0540 e. The molecule has 11 aromatic carbocycles. The third-order valence-electron chi connectivity index (χ3n) is 12.7. The molecule has 0 saturated heterocycles. The number of benzene rings is 11. The summed E-state index contributed by atoms with van der Waals surface area (Å²) >= 11 is 1.88. The van der Waals surface area contributed by atoms with Crippen LogP contribution in [0.1, 0.15) is 0 Å². The Bertz CT molecular complexity index is 3480. The van der Waals surface area contributed by atoms with E-state index in [1.165, 1.54) is 86.2 Å². The Morgan fingerprint density at radius 3 is 1.23 bits per heavy atom. The minimum Gasteiger partial charge on any atom is -0.309 e. The predicted octanol–water partition coefficient (Wildman–Crippen LogP) is 18.2. The van der Waals surface area contributed by atoms with E-state index < -0.39 is 0 Å². The van der Waals surface area contributed by atoms with Gasteiger partial charge in [0.05, 0.1) is 11.4 Å². The standard InChI is InChI=1S/C62H41NS/c1-3-18-42(19-4-1)48-29-13-22-45-24-15-32-54(60(45)48)51-26-7-10-35-57(51)63(47-40-38-44(39-41-47)50-31-17-34-56-53-28-9-12-37-59(53)64-62(50)56)58-36-11-8-27-52(58)55-33-16-25-46-23-14-30-49(61(46)55)43-20-5-2-6-21-43/h1-41H. The molecule has 0 radical (unpaired) electrons. The van der Waals surface area contributed by atoms with E-state index >= 15 is 0 Å². The zero-order valence-corrected chi connectivity index (χ0v) is 35.8. The molecule has 0 spiro atoms. The van der Waals surface area contributed by atoms with Crippen molar-refractivity contribution in [1.29, 1.82) is 0 Å². The Balaban J connectivity index is 1.10. The van der Waals surface area contributed by atoms with E-state index in [9.17, 15) is 0 Å². The van der Waals surface area contributed by atoms with Crippen LogP contribution >= 0.6 is 11.3 Å². The van der Waals surface area contributed by atoms with Crippen LogP contribution in [0.2, 0.25) is 0 Å². The van der Waals surface area contributed by atoms with E-state index in [0.29, 0.717) is 0 Å². The first-order chi connectivity index (χ1) is 31.8. The molecule has 12 rings (SSSR count). The molecule has 1 heterocycles. The van der Waals surface area contributed by atoms with Gasteiger partial charge in [-0.1, -0.05) is 218 Å². The van der Waals surface area contributed by atoms with Crippen molar-refractivity contribution < 1.29 is 0 Å². The number of nitrogens with zero attached hydrogens (tertiary/aromatic N) is 1. The van der Waals surface area contributed by atoms with E-state index in [1.54, 1.807) is 0 Å². The molecule has 0 N–H and O–H groups in total. The highest BCUT2D eigenvalue weighted by Crippen LogP contribution is 2.49. The van der Waals surface area contributed by atoms with E-state index in [1.807, 2.05) is 11.3 Å². The van der Waals surface area contributed by atoms with Crippen LogP contribution in [0.3, 0.4) is 0 Å². The van der Waals surface area contributed by atoms with Crippen molar-refractivity contribution >= 4 is 70.1 Å². The van der Waals surface area contributed by atoms with Gasteiger partial charge in [-0.15, -0.1) is 11.3 Å². The summed E-state index contributed by atoms with van der Waals surface area (Å²) in [6.07, 6.45) is 0. The lowest BCUT2D eigenvalue weighted by atomic mass is 9.89. The SMILES string of the molecule is c1ccc(-c2cccc3cccc(-c4ccccc4N(c4ccc(-c5cccc6c5sc5ccccc56)cc4)c4ccccc4-c4cccc5cccc(-c6ccccc6)c45)c23)cc1. The van der Waals surface area contributed by atoms with Gasteiger partial charge in [-0.2, -0.15) is 0 Å². The first kappa shape index (κ1) is 37.7. The molecule has 0 aliphatic rings. The van der Waals surface area contributed by atoms with Gasteiger partial charge in [0.2, 0.25) is 0 Å². The lowest BCUT2D eigenvalue weighted by Crippen LogP contribution is -2.12. The van der Waals surface area contributed by atoms with E-state index in [4.69, 9.17) is 0 Å². The summed E-state index contributed by atoms with van der Waals surface area (Å²) in [5.74, 6) is 0. The van der Waals surface area contributed by atoms with Gasteiger partial charge in [-0.25, -0.2) is 0 Å². The normalized spacial score (nSPS) is 11.4. The summed E-state index contributed by atoms with van der Waals surface area (Å²) in [5.41, 5.74) is 15.3. The van der Waals surface area contributed by atoms with Gasteiger partial charge < -0.3 is 4.90 Å². The van der Waals surface area contributed by atoms with Gasteiger partial charge in [0.15, 0.2) is 0 Å². The second kappa shape index (κ2) is 16.0. The van der Waals surface area contributed by atoms with Gasteiger partial charge in [-0.3, -0.25) is 0 Å². The zero-order chi connectivity index (χ0) is 42.4. The van der Waals surface area contributed by atoms with Crippen LogP contribution in [0.5, 0.6) is 0 Å². The fourth-order valence-electron chi connectivity index (χ4n) is 9.81. The van der Waals surface area contributed by atoms with Crippen LogP contribution in [-0.4, -0.2) is 0 Å². The molecular formula is C62H41NS. The predicted molar refractivity (Wildman–Crippen MR) is 276 cm³/mol. The second-order valence-corrected chi connectivity index (χ2v) is 17.4. The Kier molecular flexibility index (Phi) is 9.43. The highest BCUT2D eigenvalue weighted by Gasteiger charge is 2.23. The Morgan fingerprint density at radius 2 is 0.672 bits per heavy atom. The van der Waals surface area contributed by atoms with E-state index in [0.717, 1.165) is 28.2 Å². The first-order valence-electron chi connectivity index (χ1n) is 21.9. The minimum absolute atomic E-state index is 1.08. The molecule has 0 aliphatic carbocycles. The van der Waals surface area contributed by atoms with Gasteiger partial charge in [0.25, 0.3) is 0 Å². The largest absolute Gasteiger partial charge is 0.309 e. The summed E-state index contributed by atoms with van der Waals surface area (Å²) in [4.78, 5) is 2.49. The zero-order valence-electron chi connectivity index (χ0n) is 35.0. The molecule has 0 fully saturated rings. The van der Waals surface area contributed by atoms with Crippen LogP contribution in [0, 0.1) is 0 Å². The number of thiophene rings is 1. The fraction of sp³-hybridized carbons (Fsp3) is 0. The van der Waals surface area contributed by atoms with Crippen LogP contribution in [-0.2, 0) is 0 Å². The average molecular weight is 832 g/mol. The molecule has 0 bridgehead atoms. The summed E-state index contributed by atoms with van der Waals surface area (Å²) in [6.45, 7) is 0. The quantitative estimate of drug-likeness (QED) is 0.147. The highest BCUT2D eigenvalue weighted by atomic mass is 32.1. The summed E-state index contributed by atoms with van der Waals surface area (Å²) < 4.78 is 2.63. The maximum atomic E-state index is 2.49. The number of para-hydroxylation sites is 2. The monoisotopic (exact) mass is 831 g/mol. The minimum atomic E-state index is 1.08. The molecule has 0 atom stereocenters. The van der Waals surface area contributed by atoms with Crippen LogP contribution in [0.4, 0.5) is 17.1 Å². The fourth-order valence-corrected chi connectivity index (χ4v) is 11.1. The smallest absolute Gasteiger partial charge is 0.0540 e. The van der Waals surface area contributed by atoms with Crippen molar-refractivity contribution in [2.24, 2.45) is 0 Å². The summed E-state index contributed by atoms with van der Waals surface area (Å²) in [5, 5.41) is 7.53. The molecule has 0 amide bonds. The number of hydrogen-bond donors (Lipinski definition) is 0. The lowest BCUT2D eigenvalue weighted by molar-refractivity contribution is 1.29. The topological polar surface area (TPSA) is 3.24 Å². The van der Waals surface area contributed by atoms with Gasteiger partial charge in [0.1, 0.15) is 0 Å². The van der Waals surface area contributed by atoms with Crippen LogP contribution in [0.15, 0.2) is 249 Å². The number of anilines is 3. The van der Waals surface area contributed by atoms with Crippen LogP contribution < -0.4 is 4.90 Å². The van der Waals surface area contributed by atoms with Crippen molar-refractivity contribution in [3.63, 3.8) is 0 Å². The Labute approximate surface area is 377 Å². The molecule has 0 unspecified atom stereocenters. The molecule has 1 nitrogen and oxygen atoms in total. The van der Waals surface area contributed by atoms with Crippen LogP contribution in [0.25, 0.3) is 97.4 Å². The third-order valence-corrected chi connectivity index (χ3v) is 13.9. The van der Waals surface area contributed by atoms with Crippen molar-refractivity contribution in [3.8, 4) is 55.6 Å². The molecular weight excluding hydrogens is 791 g/mol. The number of rotatable bonds is 8.